The van der Waals surface area contributed by atoms with Crippen LogP contribution in [0, 0.1) is 5.92 Å². The summed E-state index contributed by atoms with van der Waals surface area (Å²) in [6.07, 6.45) is 6.62. The summed E-state index contributed by atoms with van der Waals surface area (Å²) in [7, 11) is 0. The number of hydrogen-bond acceptors (Lipinski definition) is 3. The highest BCUT2D eigenvalue weighted by Crippen LogP contribution is 2.46. The Morgan fingerprint density at radius 1 is 1.24 bits per heavy atom. The summed E-state index contributed by atoms with van der Waals surface area (Å²) in [6, 6.07) is 10.6. The van der Waals surface area contributed by atoms with Gasteiger partial charge in [0.05, 0.1) is 11.7 Å². The van der Waals surface area contributed by atoms with Crippen LogP contribution in [0.15, 0.2) is 30.3 Å². The summed E-state index contributed by atoms with van der Waals surface area (Å²) < 4.78 is 7.37. The highest BCUT2D eigenvalue weighted by Gasteiger charge is 2.42. The maximum atomic E-state index is 10.8. The van der Waals surface area contributed by atoms with Crippen LogP contribution in [-0.4, -0.2) is 17.3 Å². The summed E-state index contributed by atoms with van der Waals surface area (Å²) in [5, 5.41) is 12.1. The standard InChI is InChI=1S/C18H22O2S/c19-17(16-11-13-5-1-2-6-15(13)21-16)14-7-10-20-18(12-14)8-3-4-9-18/h1-2,5-6,11,14,17,19H,3-4,7-10,12H2. The molecule has 2 fully saturated rings. The molecular formula is C18H22O2S. The minimum atomic E-state index is -0.330. The Kier molecular flexibility index (Phi) is 3.52. The molecule has 1 N–H and O–H groups in total. The summed E-state index contributed by atoms with van der Waals surface area (Å²) in [5.41, 5.74) is 0.0839. The molecule has 0 amide bonds. The van der Waals surface area contributed by atoms with Gasteiger partial charge < -0.3 is 9.84 Å². The summed E-state index contributed by atoms with van der Waals surface area (Å²) in [4.78, 5) is 1.12. The van der Waals surface area contributed by atoms with Crippen molar-refractivity contribution >= 4 is 21.4 Å². The van der Waals surface area contributed by atoms with E-state index in [2.05, 4.69) is 30.3 Å². The highest BCUT2D eigenvalue weighted by atomic mass is 32.1. The van der Waals surface area contributed by atoms with E-state index in [0.717, 1.165) is 24.3 Å². The summed E-state index contributed by atoms with van der Waals surface area (Å²) in [5.74, 6) is 0.352. The quantitative estimate of drug-likeness (QED) is 0.873. The fourth-order valence-corrected chi connectivity index (χ4v) is 5.23. The normalized spacial score (nSPS) is 26.4. The van der Waals surface area contributed by atoms with Crippen molar-refractivity contribution in [3.8, 4) is 0 Å². The molecule has 3 heteroatoms. The van der Waals surface area contributed by atoms with Gasteiger partial charge in [0.1, 0.15) is 0 Å². The monoisotopic (exact) mass is 302 g/mol. The fourth-order valence-electron chi connectivity index (χ4n) is 4.08. The van der Waals surface area contributed by atoms with Gasteiger partial charge in [-0.2, -0.15) is 0 Å². The van der Waals surface area contributed by atoms with Crippen LogP contribution in [0.25, 0.3) is 10.1 Å². The maximum absolute atomic E-state index is 10.8. The smallest absolute Gasteiger partial charge is 0.0912 e. The predicted octanol–water partition coefficient (Wildman–Crippen LogP) is 4.67. The first-order chi connectivity index (χ1) is 10.3. The second kappa shape index (κ2) is 5.38. The molecule has 1 aliphatic heterocycles. The SMILES string of the molecule is OC(c1cc2ccccc2s1)C1CCOC2(CCCC2)C1. The third-order valence-corrected chi connectivity index (χ3v) is 6.42. The zero-order valence-electron chi connectivity index (χ0n) is 12.3. The molecular weight excluding hydrogens is 280 g/mol. The van der Waals surface area contributed by atoms with Gasteiger partial charge in [-0.1, -0.05) is 31.0 Å². The molecule has 4 rings (SSSR count). The molecule has 1 spiro atoms. The van der Waals surface area contributed by atoms with Crippen molar-refractivity contribution in [1.29, 1.82) is 0 Å². The molecule has 21 heavy (non-hydrogen) atoms. The van der Waals surface area contributed by atoms with Gasteiger partial charge in [0.2, 0.25) is 0 Å². The van der Waals surface area contributed by atoms with Crippen LogP contribution in [0.2, 0.25) is 0 Å². The Hall–Kier alpha value is -0.900. The lowest BCUT2D eigenvalue weighted by atomic mass is 9.81. The van der Waals surface area contributed by atoms with Crippen molar-refractivity contribution in [2.75, 3.05) is 6.61 Å². The number of aliphatic hydroxyl groups excluding tert-OH is 1. The van der Waals surface area contributed by atoms with E-state index in [1.165, 1.54) is 35.8 Å². The van der Waals surface area contributed by atoms with Gasteiger partial charge in [-0.05, 0) is 49.1 Å². The third-order valence-electron chi connectivity index (χ3n) is 5.23. The first-order valence-corrected chi connectivity index (χ1v) is 8.88. The number of fused-ring (bicyclic) bond motifs is 1. The van der Waals surface area contributed by atoms with E-state index in [-0.39, 0.29) is 11.7 Å². The van der Waals surface area contributed by atoms with E-state index >= 15 is 0 Å². The van der Waals surface area contributed by atoms with E-state index < -0.39 is 0 Å². The predicted molar refractivity (Wildman–Crippen MR) is 86.7 cm³/mol. The van der Waals surface area contributed by atoms with Crippen LogP contribution < -0.4 is 0 Å². The molecule has 1 saturated heterocycles. The van der Waals surface area contributed by atoms with Crippen molar-refractivity contribution in [2.45, 2.75) is 50.2 Å². The molecule has 1 aromatic heterocycles. The van der Waals surface area contributed by atoms with Crippen LogP contribution in [0.4, 0.5) is 0 Å². The molecule has 1 saturated carbocycles. The van der Waals surface area contributed by atoms with E-state index in [9.17, 15) is 5.11 Å². The van der Waals surface area contributed by atoms with Gasteiger partial charge in [-0.15, -0.1) is 11.3 Å². The third kappa shape index (κ3) is 2.52. The van der Waals surface area contributed by atoms with Crippen molar-refractivity contribution in [1.82, 2.24) is 0 Å². The molecule has 2 aromatic rings. The number of rotatable bonds is 2. The molecule has 1 aromatic carbocycles. The number of thiophene rings is 1. The zero-order valence-corrected chi connectivity index (χ0v) is 13.1. The van der Waals surface area contributed by atoms with E-state index in [4.69, 9.17) is 4.74 Å². The molecule has 2 nitrogen and oxygen atoms in total. The Morgan fingerprint density at radius 3 is 2.86 bits per heavy atom. The van der Waals surface area contributed by atoms with Crippen LogP contribution >= 0.6 is 11.3 Å². The number of aliphatic hydroxyl groups is 1. The molecule has 2 unspecified atom stereocenters. The molecule has 0 radical (unpaired) electrons. The van der Waals surface area contributed by atoms with Crippen molar-refractivity contribution in [2.24, 2.45) is 5.92 Å². The van der Waals surface area contributed by atoms with Crippen LogP contribution in [0.5, 0.6) is 0 Å². The Morgan fingerprint density at radius 2 is 2.05 bits per heavy atom. The van der Waals surface area contributed by atoms with Gasteiger partial charge in [-0.3, -0.25) is 0 Å². The summed E-state index contributed by atoms with van der Waals surface area (Å²) in [6.45, 7) is 0.812. The first kappa shape index (κ1) is 13.7. The van der Waals surface area contributed by atoms with Crippen molar-refractivity contribution in [3.63, 3.8) is 0 Å². The number of benzene rings is 1. The van der Waals surface area contributed by atoms with Gasteiger partial charge in [0, 0.05) is 16.2 Å². The Labute approximate surface area is 129 Å². The van der Waals surface area contributed by atoms with Gasteiger partial charge in [0.25, 0.3) is 0 Å². The molecule has 1 aliphatic carbocycles. The zero-order chi connectivity index (χ0) is 14.3. The van der Waals surface area contributed by atoms with Gasteiger partial charge >= 0.3 is 0 Å². The Bertz CT molecular complexity index is 594. The minimum Gasteiger partial charge on any atom is -0.387 e. The van der Waals surface area contributed by atoms with Crippen LogP contribution in [0.3, 0.4) is 0 Å². The van der Waals surface area contributed by atoms with Crippen molar-refractivity contribution in [3.05, 3.63) is 35.2 Å². The minimum absolute atomic E-state index is 0.0839. The van der Waals surface area contributed by atoms with Crippen LogP contribution in [-0.2, 0) is 4.74 Å². The lowest BCUT2D eigenvalue weighted by Crippen LogP contribution is -2.39. The van der Waals surface area contributed by atoms with E-state index in [0.29, 0.717) is 5.92 Å². The molecule has 2 heterocycles. The lowest BCUT2D eigenvalue weighted by Gasteiger charge is -2.39. The summed E-state index contributed by atoms with van der Waals surface area (Å²) >= 11 is 1.74. The molecule has 0 bridgehead atoms. The number of ether oxygens (including phenoxy) is 1. The average molecular weight is 302 g/mol. The fraction of sp³-hybridized carbons (Fsp3) is 0.556. The molecule has 112 valence electrons. The molecule has 2 aliphatic rings. The maximum Gasteiger partial charge on any atom is 0.0912 e. The van der Waals surface area contributed by atoms with E-state index in [1.807, 2.05) is 0 Å². The Balaban J connectivity index is 1.57. The average Bonchev–Trinajstić information content (AvgIpc) is 3.13. The largest absolute Gasteiger partial charge is 0.387 e. The van der Waals surface area contributed by atoms with Crippen molar-refractivity contribution < 1.29 is 9.84 Å². The topological polar surface area (TPSA) is 29.5 Å². The van der Waals surface area contributed by atoms with E-state index in [1.54, 1.807) is 11.3 Å². The highest BCUT2D eigenvalue weighted by molar-refractivity contribution is 7.19. The lowest BCUT2D eigenvalue weighted by molar-refractivity contribution is -0.112. The first-order valence-electron chi connectivity index (χ1n) is 8.06. The molecule has 2 atom stereocenters. The van der Waals surface area contributed by atoms with Crippen LogP contribution in [0.1, 0.15) is 49.5 Å². The second-order valence-electron chi connectivity index (χ2n) is 6.62. The van der Waals surface area contributed by atoms with Gasteiger partial charge in [-0.25, -0.2) is 0 Å². The second-order valence-corrected chi connectivity index (χ2v) is 7.74. The number of hydrogen-bond donors (Lipinski definition) is 1. The van der Waals surface area contributed by atoms with Gasteiger partial charge in [0.15, 0.2) is 0 Å².